The van der Waals surface area contributed by atoms with E-state index < -0.39 is 0 Å². The summed E-state index contributed by atoms with van der Waals surface area (Å²) >= 11 is 0. The molecule has 0 unspecified atom stereocenters. The van der Waals surface area contributed by atoms with Crippen LogP contribution in [0.15, 0.2) is 42.6 Å². The fourth-order valence-electron chi connectivity index (χ4n) is 2.31. The fraction of sp³-hybridized carbons (Fsp3) is 0.133. The van der Waals surface area contributed by atoms with Crippen molar-refractivity contribution in [2.24, 2.45) is 0 Å². The molecule has 0 saturated carbocycles. The van der Waals surface area contributed by atoms with Crippen LogP contribution >= 0.6 is 0 Å². The molecule has 5 heteroatoms. The first kappa shape index (κ1) is 12.5. The molecule has 1 aromatic heterocycles. The number of hydrogen-bond donors (Lipinski definition) is 1. The molecule has 0 saturated heterocycles. The molecular weight excluding hydrogens is 254 g/mol. The smallest absolute Gasteiger partial charge is 0.284 e. The number of fused-ring (bicyclic) bond motifs is 1. The summed E-state index contributed by atoms with van der Waals surface area (Å²) < 4.78 is 0. The topological polar surface area (TPSA) is 62.3 Å². The van der Waals surface area contributed by atoms with E-state index in [4.69, 9.17) is 0 Å². The van der Waals surface area contributed by atoms with Crippen molar-refractivity contribution in [1.82, 2.24) is 10.3 Å². The molecule has 0 aliphatic carbocycles. The standard InChI is InChI=1S/C15H13N3O2/c1-16-9-10-4-2-5-11(8-10)18-14(19)12-6-3-7-17-13(12)15(18)20/h2-8,16H,9H2,1H3. The van der Waals surface area contributed by atoms with E-state index in [2.05, 4.69) is 10.3 Å². The largest absolute Gasteiger partial charge is 0.316 e. The Morgan fingerprint density at radius 3 is 2.75 bits per heavy atom. The van der Waals surface area contributed by atoms with Crippen molar-refractivity contribution in [3.63, 3.8) is 0 Å². The Morgan fingerprint density at radius 1 is 1.15 bits per heavy atom. The second-order valence-corrected chi connectivity index (χ2v) is 4.55. The normalized spacial score (nSPS) is 13.8. The van der Waals surface area contributed by atoms with E-state index in [1.165, 1.54) is 11.1 Å². The maximum Gasteiger partial charge on any atom is 0.284 e. The number of pyridine rings is 1. The van der Waals surface area contributed by atoms with Crippen LogP contribution in [-0.4, -0.2) is 23.8 Å². The Labute approximate surface area is 116 Å². The predicted molar refractivity (Wildman–Crippen MR) is 74.6 cm³/mol. The molecule has 5 nitrogen and oxygen atoms in total. The zero-order chi connectivity index (χ0) is 14.1. The molecule has 2 heterocycles. The zero-order valence-corrected chi connectivity index (χ0v) is 11.0. The van der Waals surface area contributed by atoms with Crippen molar-refractivity contribution in [1.29, 1.82) is 0 Å². The molecule has 1 aliphatic rings. The number of benzene rings is 1. The maximum absolute atomic E-state index is 12.3. The highest BCUT2D eigenvalue weighted by molar-refractivity contribution is 6.33. The molecule has 0 atom stereocenters. The van der Waals surface area contributed by atoms with Gasteiger partial charge in [-0.3, -0.25) is 14.6 Å². The van der Waals surface area contributed by atoms with Crippen molar-refractivity contribution in [2.45, 2.75) is 6.54 Å². The lowest BCUT2D eigenvalue weighted by molar-refractivity contribution is 0.0924. The Hall–Kier alpha value is -2.53. The molecule has 20 heavy (non-hydrogen) atoms. The van der Waals surface area contributed by atoms with E-state index in [0.717, 1.165) is 5.56 Å². The van der Waals surface area contributed by atoms with Crippen LogP contribution in [0.5, 0.6) is 0 Å². The summed E-state index contributed by atoms with van der Waals surface area (Å²) in [5, 5.41) is 3.04. The number of hydrogen-bond acceptors (Lipinski definition) is 4. The Morgan fingerprint density at radius 2 is 2.00 bits per heavy atom. The molecule has 2 aromatic rings. The van der Waals surface area contributed by atoms with Gasteiger partial charge in [0.2, 0.25) is 0 Å². The lowest BCUT2D eigenvalue weighted by Gasteiger charge is -2.14. The van der Waals surface area contributed by atoms with Gasteiger partial charge in [-0.2, -0.15) is 0 Å². The van der Waals surface area contributed by atoms with Crippen LogP contribution in [0, 0.1) is 0 Å². The monoisotopic (exact) mass is 267 g/mol. The van der Waals surface area contributed by atoms with Crippen LogP contribution in [-0.2, 0) is 6.54 Å². The summed E-state index contributed by atoms with van der Waals surface area (Å²) in [6.45, 7) is 0.676. The number of nitrogens with zero attached hydrogens (tertiary/aromatic N) is 2. The summed E-state index contributed by atoms with van der Waals surface area (Å²) in [6, 6.07) is 10.6. The van der Waals surface area contributed by atoms with Gasteiger partial charge in [-0.15, -0.1) is 0 Å². The third-order valence-electron chi connectivity index (χ3n) is 3.20. The number of anilines is 1. The highest BCUT2D eigenvalue weighted by atomic mass is 16.2. The zero-order valence-electron chi connectivity index (χ0n) is 11.0. The molecule has 0 fully saturated rings. The van der Waals surface area contributed by atoms with Gasteiger partial charge >= 0.3 is 0 Å². The van der Waals surface area contributed by atoms with Gasteiger partial charge in [0.25, 0.3) is 11.8 Å². The van der Waals surface area contributed by atoms with Gasteiger partial charge < -0.3 is 5.32 Å². The average Bonchev–Trinajstić information content (AvgIpc) is 2.72. The molecule has 1 aromatic carbocycles. The minimum absolute atomic E-state index is 0.219. The quantitative estimate of drug-likeness (QED) is 0.858. The second-order valence-electron chi connectivity index (χ2n) is 4.55. The summed E-state index contributed by atoms with van der Waals surface area (Å²) in [5.41, 5.74) is 2.16. The first-order valence-corrected chi connectivity index (χ1v) is 6.29. The van der Waals surface area contributed by atoms with Crippen LogP contribution in [0.2, 0.25) is 0 Å². The Kier molecular flexibility index (Phi) is 3.04. The SMILES string of the molecule is CNCc1cccc(N2C(=O)c3cccnc3C2=O)c1. The minimum Gasteiger partial charge on any atom is -0.316 e. The van der Waals surface area contributed by atoms with Crippen LogP contribution in [0.4, 0.5) is 5.69 Å². The first-order valence-electron chi connectivity index (χ1n) is 6.29. The van der Waals surface area contributed by atoms with E-state index in [1.54, 1.807) is 18.2 Å². The van der Waals surface area contributed by atoms with Crippen LogP contribution < -0.4 is 10.2 Å². The van der Waals surface area contributed by atoms with Crippen LogP contribution in [0.3, 0.4) is 0 Å². The number of amides is 2. The molecule has 3 rings (SSSR count). The van der Waals surface area contributed by atoms with E-state index in [0.29, 0.717) is 17.8 Å². The third kappa shape index (κ3) is 1.88. The molecule has 0 spiro atoms. The van der Waals surface area contributed by atoms with Gasteiger partial charge in [-0.05, 0) is 36.9 Å². The summed E-state index contributed by atoms with van der Waals surface area (Å²) in [7, 11) is 1.85. The Bertz CT molecular complexity index is 662. The van der Waals surface area contributed by atoms with Crippen molar-refractivity contribution in [3.8, 4) is 0 Å². The van der Waals surface area contributed by atoms with E-state index in [1.807, 2.05) is 25.2 Å². The van der Waals surface area contributed by atoms with Gasteiger partial charge in [0, 0.05) is 12.7 Å². The second kappa shape index (κ2) is 4.86. The van der Waals surface area contributed by atoms with Gasteiger partial charge in [-0.1, -0.05) is 12.1 Å². The molecule has 1 aliphatic heterocycles. The molecule has 1 N–H and O–H groups in total. The van der Waals surface area contributed by atoms with Crippen molar-refractivity contribution < 1.29 is 9.59 Å². The number of imide groups is 1. The van der Waals surface area contributed by atoms with E-state index in [-0.39, 0.29) is 17.5 Å². The van der Waals surface area contributed by atoms with Crippen molar-refractivity contribution in [3.05, 3.63) is 59.4 Å². The number of rotatable bonds is 3. The van der Waals surface area contributed by atoms with Gasteiger partial charge in [0.1, 0.15) is 5.69 Å². The highest BCUT2D eigenvalue weighted by Gasteiger charge is 2.37. The van der Waals surface area contributed by atoms with Crippen LogP contribution in [0.25, 0.3) is 0 Å². The Balaban J connectivity index is 2.02. The van der Waals surface area contributed by atoms with E-state index in [9.17, 15) is 9.59 Å². The van der Waals surface area contributed by atoms with Crippen LogP contribution in [0.1, 0.15) is 26.4 Å². The van der Waals surface area contributed by atoms with Gasteiger partial charge in [0.05, 0.1) is 11.3 Å². The summed E-state index contributed by atoms with van der Waals surface area (Å²) in [4.78, 5) is 29.8. The number of carbonyl (C=O) groups is 2. The predicted octanol–water partition coefficient (Wildman–Crippen LogP) is 1.60. The summed E-state index contributed by atoms with van der Waals surface area (Å²) in [6.07, 6.45) is 1.52. The molecule has 0 bridgehead atoms. The fourth-order valence-corrected chi connectivity index (χ4v) is 2.31. The number of aromatic nitrogens is 1. The third-order valence-corrected chi connectivity index (χ3v) is 3.20. The number of nitrogens with one attached hydrogen (secondary N) is 1. The average molecular weight is 267 g/mol. The van der Waals surface area contributed by atoms with Crippen molar-refractivity contribution >= 4 is 17.5 Å². The lowest BCUT2D eigenvalue weighted by Crippen LogP contribution is -2.29. The lowest BCUT2D eigenvalue weighted by atomic mass is 10.2. The van der Waals surface area contributed by atoms with Gasteiger partial charge in [0.15, 0.2) is 0 Å². The van der Waals surface area contributed by atoms with Crippen molar-refractivity contribution in [2.75, 3.05) is 11.9 Å². The summed E-state index contributed by atoms with van der Waals surface area (Å²) in [5.74, 6) is -0.688. The first-order chi connectivity index (χ1) is 9.72. The highest BCUT2D eigenvalue weighted by Crippen LogP contribution is 2.27. The van der Waals surface area contributed by atoms with Gasteiger partial charge in [-0.25, -0.2) is 4.90 Å². The minimum atomic E-state index is -0.368. The maximum atomic E-state index is 12.3. The number of carbonyl (C=O) groups excluding carboxylic acids is 2. The molecule has 100 valence electrons. The van der Waals surface area contributed by atoms with E-state index >= 15 is 0 Å². The molecule has 2 amide bonds. The molecule has 0 radical (unpaired) electrons. The molecular formula is C15H13N3O2.